The van der Waals surface area contributed by atoms with E-state index in [1.165, 1.54) is 0 Å². The first-order valence-corrected chi connectivity index (χ1v) is 7.06. The lowest BCUT2D eigenvalue weighted by molar-refractivity contribution is 0.415. The van der Waals surface area contributed by atoms with Gasteiger partial charge < -0.3 is 4.74 Å². The first-order valence-electron chi connectivity index (χ1n) is 7.06. The molecule has 0 saturated heterocycles. The van der Waals surface area contributed by atoms with Gasteiger partial charge in [-0.3, -0.25) is 0 Å². The van der Waals surface area contributed by atoms with Crippen LogP contribution in [-0.4, -0.2) is 7.11 Å². The van der Waals surface area contributed by atoms with E-state index >= 15 is 0 Å². The van der Waals surface area contributed by atoms with Crippen LogP contribution < -0.4 is 4.74 Å². The Morgan fingerprint density at radius 2 is 1.59 bits per heavy atom. The molecular formula is C20H15NO. The third-order valence-corrected chi connectivity index (χ3v) is 3.65. The Morgan fingerprint density at radius 3 is 2.27 bits per heavy atom. The Labute approximate surface area is 129 Å². The van der Waals surface area contributed by atoms with Gasteiger partial charge in [-0.05, 0) is 34.7 Å². The van der Waals surface area contributed by atoms with E-state index in [0.717, 1.165) is 27.6 Å². The van der Waals surface area contributed by atoms with Gasteiger partial charge in [0.15, 0.2) is 0 Å². The fraction of sp³-hybridized carbons (Fsp3) is 0.0500. The van der Waals surface area contributed by atoms with Crippen molar-refractivity contribution < 1.29 is 4.74 Å². The topological polar surface area (TPSA) is 33.0 Å². The monoisotopic (exact) mass is 285 g/mol. The maximum Gasteiger partial charge on any atom is 0.118 e. The minimum Gasteiger partial charge on any atom is -0.497 e. The second kappa shape index (κ2) is 6.15. The molecule has 0 aliphatic carbocycles. The highest BCUT2D eigenvalue weighted by molar-refractivity contribution is 5.96. The van der Waals surface area contributed by atoms with Gasteiger partial charge in [-0.1, -0.05) is 54.6 Å². The number of hydrogen-bond donors (Lipinski definition) is 0. The van der Waals surface area contributed by atoms with Crippen LogP contribution in [-0.2, 0) is 0 Å². The predicted octanol–water partition coefficient (Wildman–Crippen LogP) is 4.89. The Bertz CT molecular complexity index is 870. The molecule has 3 rings (SSSR count). The highest BCUT2D eigenvalue weighted by Crippen LogP contribution is 2.24. The summed E-state index contributed by atoms with van der Waals surface area (Å²) in [6, 6.07) is 22.0. The van der Waals surface area contributed by atoms with Crippen LogP contribution in [0.3, 0.4) is 0 Å². The molecule has 0 spiro atoms. The molecule has 0 radical (unpaired) electrons. The molecule has 0 aromatic heterocycles. The summed E-state index contributed by atoms with van der Waals surface area (Å²) in [6.07, 6.45) is 4.14. The van der Waals surface area contributed by atoms with Gasteiger partial charge in [-0.2, -0.15) is 5.26 Å². The van der Waals surface area contributed by atoms with E-state index < -0.39 is 0 Å². The van der Waals surface area contributed by atoms with Gasteiger partial charge in [-0.25, -0.2) is 0 Å². The van der Waals surface area contributed by atoms with Crippen LogP contribution in [0.15, 0.2) is 60.7 Å². The van der Waals surface area contributed by atoms with E-state index in [0.29, 0.717) is 5.56 Å². The van der Waals surface area contributed by atoms with Gasteiger partial charge in [0, 0.05) is 5.39 Å². The second-order valence-electron chi connectivity index (χ2n) is 4.97. The Morgan fingerprint density at radius 1 is 0.864 bits per heavy atom. The molecular weight excluding hydrogens is 270 g/mol. The zero-order valence-corrected chi connectivity index (χ0v) is 12.3. The summed E-state index contributed by atoms with van der Waals surface area (Å²) in [5.41, 5.74) is 2.91. The van der Waals surface area contributed by atoms with Crippen LogP contribution in [0.25, 0.3) is 22.9 Å². The number of benzene rings is 3. The van der Waals surface area contributed by atoms with Gasteiger partial charge in [0.1, 0.15) is 5.75 Å². The predicted molar refractivity (Wildman–Crippen MR) is 90.6 cm³/mol. The number of hydrogen-bond acceptors (Lipinski definition) is 2. The van der Waals surface area contributed by atoms with Gasteiger partial charge in [-0.15, -0.1) is 0 Å². The van der Waals surface area contributed by atoms with Crippen LogP contribution in [0.4, 0.5) is 0 Å². The molecule has 0 atom stereocenters. The number of fused-ring (bicyclic) bond motifs is 1. The van der Waals surface area contributed by atoms with Crippen molar-refractivity contribution in [2.45, 2.75) is 0 Å². The lowest BCUT2D eigenvalue weighted by atomic mass is 9.99. The van der Waals surface area contributed by atoms with Crippen LogP contribution >= 0.6 is 0 Å². The molecule has 0 saturated carbocycles. The lowest BCUT2D eigenvalue weighted by Crippen LogP contribution is -1.84. The standard InChI is InChI=1S/C20H15NO/c1-22-18-12-7-15(8-13-18)6-9-16-10-11-17(14-21)20-5-3-2-4-19(16)20/h2-13H,1H3. The van der Waals surface area contributed by atoms with E-state index in [4.69, 9.17) is 4.74 Å². The van der Waals surface area contributed by atoms with Crippen molar-refractivity contribution in [1.29, 1.82) is 5.26 Å². The van der Waals surface area contributed by atoms with Crippen molar-refractivity contribution in [2.75, 3.05) is 7.11 Å². The molecule has 3 aromatic carbocycles. The zero-order valence-electron chi connectivity index (χ0n) is 12.3. The fourth-order valence-electron chi connectivity index (χ4n) is 2.47. The average molecular weight is 285 g/mol. The first kappa shape index (κ1) is 13.9. The van der Waals surface area contributed by atoms with Crippen LogP contribution in [0.1, 0.15) is 16.7 Å². The Kier molecular flexibility index (Phi) is 3.89. The normalized spacial score (nSPS) is 10.7. The highest BCUT2D eigenvalue weighted by atomic mass is 16.5. The molecule has 0 aliphatic heterocycles. The van der Waals surface area contributed by atoms with Crippen molar-refractivity contribution in [2.24, 2.45) is 0 Å². The number of nitriles is 1. The molecule has 3 aromatic rings. The lowest BCUT2D eigenvalue weighted by Gasteiger charge is -2.04. The molecule has 0 unspecified atom stereocenters. The minimum absolute atomic E-state index is 0.706. The molecule has 0 heterocycles. The third-order valence-electron chi connectivity index (χ3n) is 3.65. The maximum absolute atomic E-state index is 9.20. The van der Waals surface area contributed by atoms with Crippen molar-refractivity contribution in [3.05, 3.63) is 77.4 Å². The van der Waals surface area contributed by atoms with Gasteiger partial charge in [0.05, 0.1) is 18.7 Å². The molecule has 2 nitrogen and oxygen atoms in total. The number of ether oxygens (including phenoxy) is 1. The molecule has 0 aliphatic rings. The fourth-order valence-corrected chi connectivity index (χ4v) is 2.47. The van der Waals surface area contributed by atoms with E-state index in [-0.39, 0.29) is 0 Å². The second-order valence-corrected chi connectivity index (χ2v) is 4.97. The molecule has 22 heavy (non-hydrogen) atoms. The maximum atomic E-state index is 9.20. The summed E-state index contributed by atoms with van der Waals surface area (Å²) in [5, 5.41) is 11.3. The third kappa shape index (κ3) is 2.70. The SMILES string of the molecule is COc1ccc(C=Cc2ccc(C#N)c3ccccc23)cc1. The van der Waals surface area contributed by atoms with Crippen LogP contribution in [0, 0.1) is 11.3 Å². The van der Waals surface area contributed by atoms with Crippen LogP contribution in [0.2, 0.25) is 0 Å². The molecule has 2 heteroatoms. The van der Waals surface area contributed by atoms with E-state index in [9.17, 15) is 5.26 Å². The summed E-state index contributed by atoms with van der Waals surface area (Å²) in [6.45, 7) is 0. The zero-order chi connectivity index (χ0) is 15.4. The van der Waals surface area contributed by atoms with Gasteiger partial charge >= 0.3 is 0 Å². The summed E-state index contributed by atoms with van der Waals surface area (Å²) in [4.78, 5) is 0. The Balaban J connectivity index is 2.00. The number of rotatable bonds is 3. The summed E-state index contributed by atoms with van der Waals surface area (Å²) >= 11 is 0. The summed E-state index contributed by atoms with van der Waals surface area (Å²) < 4.78 is 5.16. The van der Waals surface area contributed by atoms with Crippen molar-refractivity contribution in [3.8, 4) is 11.8 Å². The molecule has 0 fully saturated rings. The molecule has 106 valence electrons. The highest BCUT2D eigenvalue weighted by Gasteiger charge is 2.03. The van der Waals surface area contributed by atoms with E-state index in [2.05, 4.69) is 18.2 Å². The van der Waals surface area contributed by atoms with E-state index in [1.807, 2.05) is 60.7 Å². The smallest absolute Gasteiger partial charge is 0.118 e. The summed E-state index contributed by atoms with van der Waals surface area (Å²) in [7, 11) is 1.66. The Hall–Kier alpha value is -3.05. The number of nitrogens with zero attached hydrogens (tertiary/aromatic N) is 1. The molecule has 0 N–H and O–H groups in total. The van der Waals surface area contributed by atoms with Gasteiger partial charge in [0.2, 0.25) is 0 Å². The largest absolute Gasteiger partial charge is 0.497 e. The average Bonchev–Trinajstić information content (AvgIpc) is 2.60. The quantitative estimate of drug-likeness (QED) is 0.642. The van der Waals surface area contributed by atoms with E-state index in [1.54, 1.807) is 7.11 Å². The van der Waals surface area contributed by atoms with Crippen molar-refractivity contribution in [3.63, 3.8) is 0 Å². The first-order chi connectivity index (χ1) is 10.8. The molecule has 0 bridgehead atoms. The molecule has 0 amide bonds. The van der Waals surface area contributed by atoms with Crippen molar-refractivity contribution in [1.82, 2.24) is 0 Å². The minimum atomic E-state index is 0.706. The van der Waals surface area contributed by atoms with Gasteiger partial charge in [0.25, 0.3) is 0 Å². The summed E-state index contributed by atoms with van der Waals surface area (Å²) in [5.74, 6) is 0.848. The van der Waals surface area contributed by atoms with Crippen molar-refractivity contribution >= 4 is 22.9 Å². The van der Waals surface area contributed by atoms with Crippen LogP contribution in [0.5, 0.6) is 5.75 Å². The number of methoxy groups -OCH3 is 1.